The maximum absolute atomic E-state index is 13.5. The lowest BCUT2D eigenvalue weighted by atomic mass is 9.85. The minimum absolute atomic E-state index is 0.129. The Hall–Kier alpha value is -4.46. The quantitative estimate of drug-likeness (QED) is 0.163. The standard InChI is InChI=1S/C39H52N8O5/c1-38(2,3)32-23-33(42-35(41-32)30(48)13-9-18-46-19-10-21-51-22-20-46)43-37(49)40-29-15-16-31(28-12-8-7-11-27(28)29)52-26-14-17-34-44-45-36(47(34)24-26)39(4,5)25-50-6/h7-8,11-12,14,17,23-24,29,31H,9-10,13,15-16,18-22,25H2,1-6H3,(H2,40,41,42,43,49)/t29-,31+/m0/s1. The highest BCUT2D eigenvalue weighted by molar-refractivity contribution is 5.94. The molecule has 2 atom stereocenters. The van der Waals surface area contributed by atoms with Gasteiger partial charge in [-0.2, -0.15) is 0 Å². The molecule has 1 saturated heterocycles. The van der Waals surface area contributed by atoms with Gasteiger partial charge in [-0.3, -0.25) is 14.5 Å². The molecule has 0 saturated carbocycles. The Bertz CT molecular complexity index is 1860. The van der Waals surface area contributed by atoms with Gasteiger partial charge in [-0.05, 0) is 55.5 Å². The van der Waals surface area contributed by atoms with E-state index in [1.165, 1.54) is 0 Å². The minimum Gasteiger partial charge on any atom is -0.484 e. The van der Waals surface area contributed by atoms with Gasteiger partial charge < -0.3 is 24.4 Å². The zero-order valence-corrected chi connectivity index (χ0v) is 31.3. The monoisotopic (exact) mass is 712 g/mol. The summed E-state index contributed by atoms with van der Waals surface area (Å²) < 4.78 is 19.5. The fraction of sp³-hybridized carbons (Fsp3) is 0.538. The van der Waals surface area contributed by atoms with Crippen molar-refractivity contribution in [3.05, 3.63) is 77.1 Å². The number of fused-ring (bicyclic) bond motifs is 2. The third-order valence-corrected chi connectivity index (χ3v) is 9.68. The van der Waals surface area contributed by atoms with E-state index in [1.807, 2.05) is 61.7 Å². The Morgan fingerprint density at radius 3 is 2.58 bits per heavy atom. The van der Waals surface area contributed by atoms with E-state index in [0.29, 0.717) is 49.6 Å². The van der Waals surface area contributed by atoms with Crippen LogP contribution >= 0.6 is 0 Å². The second kappa shape index (κ2) is 16.1. The molecule has 13 heteroatoms. The van der Waals surface area contributed by atoms with E-state index in [0.717, 1.165) is 61.9 Å². The van der Waals surface area contributed by atoms with Gasteiger partial charge in [-0.1, -0.05) is 58.9 Å². The number of amides is 2. The fourth-order valence-corrected chi connectivity index (χ4v) is 6.94. The lowest BCUT2D eigenvalue weighted by molar-refractivity contribution is 0.0963. The number of nitrogens with zero attached hydrogens (tertiary/aromatic N) is 6. The number of benzene rings is 1. The topological polar surface area (TPSA) is 145 Å². The zero-order chi connectivity index (χ0) is 36.9. The maximum Gasteiger partial charge on any atom is 0.320 e. The Morgan fingerprint density at radius 2 is 1.79 bits per heavy atom. The number of urea groups is 1. The summed E-state index contributed by atoms with van der Waals surface area (Å²) in [5, 5.41) is 14.8. The number of carbonyl (C=O) groups excluding carboxylic acids is 2. The van der Waals surface area contributed by atoms with E-state index >= 15 is 0 Å². The third-order valence-electron chi connectivity index (χ3n) is 9.68. The number of rotatable bonds is 12. The number of Topliss-reactive ketones (excluding diaryl/α,β-unsaturated/α-hetero) is 1. The highest BCUT2D eigenvalue weighted by Gasteiger charge is 2.31. The first-order valence-electron chi connectivity index (χ1n) is 18.3. The first-order chi connectivity index (χ1) is 24.9. The number of carbonyl (C=O) groups is 2. The van der Waals surface area contributed by atoms with Gasteiger partial charge in [0.05, 0.1) is 31.1 Å². The molecular weight excluding hydrogens is 660 g/mol. The van der Waals surface area contributed by atoms with Crippen LogP contribution in [0.15, 0.2) is 48.7 Å². The van der Waals surface area contributed by atoms with Crippen LogP contribution in [0.2, 0.25) is 0 Å². The van der Waals surface area contributed by atoms with Crippen LogP contribution in [0.5, 0.6) is 5.75 Å². The number of methoxy groups -OCH3 is 1. The minimum atomic E-state index is -0.399. The number of nitrogens with one attached hydrogen (secondary N) is 2. The molecular formula is C39H52N8O5. The van der Waals surface area contributed by atoms with Crippen molar-refractivity contribution < 1.29 is 23.8 Å². The number of aromatic nitrogens is 5. The number of hydrogen-bond acceptors (Lipinski definition) is 10. The highest BCUT2D eigenvalue weighted by Crippen LogP contribution is 2.39. The van der Waals surface area contributed by atoms with Crippen LogP contribution < -0.4 is 15.4 Å². The first kappa shape index (κ1) is 37.3. The maximum atomic E-state index is 13.5. The van der Waals surface area contributed by atoms with E-state index in [4.69, 9.17) is 14.2 Å². The van der Waals surface area contributed by atoms with Crippen LogP contribution in [0.25, 0.3) is 5.65 Å². The molecule has 6 rings (SSSR count). The number of ether oxygens (including phenoxy) is 3. The van der Waals surface area contributed by atoms with Gasteiger partial charge in [0.2, 0.25) is 0 Å². The van der Waals surface area contributed by atoms with Gasteiger partial charge in [0.1, 0.15) is 23.5 Å². The zero-order valence-electron chi connectivity index (χ0n) is 31.3. The fourth-order valence-electron chi connectivity index (χ4n) is 6.94. The number of ketones is 1. The van der Waals surface area contributed by atoms with Crippen molar-refractivity contribution in [1.29, 1.82) is 0 Å². The molecule has 13 nitrogen and oxygen atoms in total. The summed E-state index contributed by atoms with van der Waals surface area (Å²) in [7, 11) is 1.68. The molecule has 1 aliphatic carbocycles. The van der Waals surface area contributed by atoms with E-state index < -0.39 is 6.03 Å². The molecule has 2 amide bonds. The molecule has 278 valence electrons. The van der Waals surface area contributed by atoms with Crippen LogP contribution in [0.4, 0.5) is 10.6 Å². The Morgan fingerprint density at radius 1 is 0.981 bits per heavy atom. The van der Waals surface area contributed by atoms with Crippen molar-refractivity contribution in [2.75, 3.05) is 51.9 Å². The van der Waals surface area contributed by atoms with E-state index in [1.54, 1.807) is 13.2 Å². The van der Waals surface area contributed by atoms with Gasteiger partial charge in [0.25, 0.3) is 0 Å². The van der Waals surface area contributed by atoms with Crippen molar-refractivity contribution in [2.45, 2.75) is 89.7 Å². The molecule has 0 bridgehead atoms. The summed E-state index contributed by atoms with van der Waals surface area (Å²) in [5.41, 5.74) is 2.73. The summed E-state index contributed by atoms with van der Waals surface area (Å²) >= 11 is 0. The van der Waals surface area contributed by atoms with E-state index in [9.17, 15) is 9.59 Å². The van der Waals surface area contributed by atoms with Crippen molar-refractivity contribution >= 4 is 23.3 Å². The van der Waals surface area contributed by atoms with Crippen LogP contribution in [-0.4, -0.2) is 87.8 Å². The summed E-state index contributed by atoms with van der Waals surface area (Å²) in [5.74, 6) is 1.79. The van der Waals surface area contributed by atoms with Crippen molar-refractivity contribution in [3.63, 3.8) is 0 Å². The molecule has 1 aliphatic heterocycles. The lowest BCUT2D eigenvalue weighted by Crippen LogP contribution is -2.36. The largest absolute Gasteiger partial charge is 0.484 e. The summed E-state index contributed by atoms with van der Waals surface area (Å²) in [6.45, 7) is 14.9. The molecule has 2 aliphatic rings. The first-order valence-corrected chi connectivity index (χ1v) is 18.3. The van der Waals surface area contributed by atoms with Crippen LogP contribution in [-0.2, 0) is 20.3 Å². The van der Waals surface area contributed by atoms with Gasteiger partial charge in [-0.25, -0.2) is 14.8 Å². The van der Waals surface area contributed by atoms with Crippen LogP contribution in [0.1, 0.15) is 112 Å². The van der Waals surface area contributed by atoms with Crippen LogP contribution in [0.3, 0.4) is 0 Å². The van der Waals surface area contributed by atoms with Crippen molar-refractivity contribution in [3.8, 4) is 5.75 Å². The number of hydrogen-bond donors (Lipinski definition) is 2. The molecule has 4 heterocycles. The molecule has 0 radical (unpaired) electrons. The smallest absolute Gasteiger partial charge is 0.320 e. The van der Waals surface area contributed by atoms with Crippen molar-refractivity contribution in [1.82, 2.24) is 34.8 Å². The average molecular weight is 713 g/mol. The SMILES string of the molecule is COCC(C)(C)c1nnc2ccc(O[C@@H]3CC[C@H](NC(=O)Nc4cc(C(C)(C)C)nc(C(=O)CCCN5CCCOCC5)n4)c4ccccc43)cn12. The second-order valence-electron chi connectivity index (χ2n) is 15.4. The van der Waals surface area contributed by atoms with Gasteiger partial charge in [0, 0.05) is 50.1 Å². The second-order valence-corrected chi connectivity index (χ2v) is 15.4. The van der Waals surface area contributed by atoms with Gasteiger partial charge >= 0.3 is 6.03 Å². The van der Waals surface area contributed by atoms with E-state index in [-0.39, 0.29) is 34.6 Å². The predicted molar refractivity (Wildman–Crippen MR) is 198 cm³/mol. The average Bonchev–Trinajstić information content (AvgIpc) is 3.37. The summed E-state index contributed by atoms with van der Waals surface area (Å²) in [4.78, 5) is 38.3. The van der Waals surface area contributed by atoms with E-state index in [2.05, 4.69) is 55.6 Å². The summed E-state index contributed by atoms with van der Waals surface area (Å²) in [6.07, 6.45) is 5.12. The molecule has 0 spiro atoms. The lowest BCUT2D eigenvalue weighted by Gasteiger charge is -2.32. The molecule has 1 aromatic carbocycles. The molecule has 3 aromatic heterocycles. The molecule has 0 unspecified atom stereocenters. The van der Waals surface area contributed by atoms with Crippen LogP contribution in [0, 0.1) is 0 Å². The normalized spacial score (nSPS) is 18.4. The highest BCUT2D eigenvalue weighted by atomic mass is 16.5. The molecule has 1 fully saturated rings. The van der Waals surface area contributed by atoms with Gasteiger partial charge in [0.15, 0.2) is 17.3 Å². The Balaban J connectivity index is 1.13. The molecule has 2 N–H and O–H groups in total. The predicted octanol–water partition coefficient (Wildman–Crippen LogP) is 6.20. The molecule has 52 heavy (non-hydrogen) atoms. The number of anilines is 1. The Labute approximate surface area is 305 Å². The summed E-state index contributed by atoms with van der Waals surface area (Å²) in [6, 6.07) is 13.0. The number of pyridine rings is 1. The molecule has 4 aromatic rings. The third kappa shape index (κ3) is 8.94. The van der Waals surface area contributed by atoms with Gasteiger partial charge in [-0.15, -0.1) is 10.2 Å². The Kier molecular flexibility index (Phi) is 11.5. The van der Waals surface area contributed by atoms with Crippen molar-refractivity contribution in [2.24, 2.45) is 0 Å².